The number of rotatable bonds is 4. The first kappa shape index (κ1) is 13.3. The first-order chi connectivity index (χ1) is 8.61. The lowest BCUT2D eigenvalue weighted by molar-refractivity contribution is 0.376. The van der Waals surface area contributed by atoms with Gasteiger partial charge in [-0.2, -0.15) is 4.98 Å². The van der Waals surface area contributed by atoms with E-state index >= 15 is 0 Å². The zero-order valence-electron chi connectivity index (χ0n) is 11.7. The number of nitrogens with two attached hydrogens (primary N) is 1. The second-order valence-corrected chi connectivity index (χ2v) is 5.59. The zero-order valence-corrected chi connectivity index (χ0v) is 11.7. The number of anilines is 1. The Morgan fingerprint density at radius 1 is 1.56 bits per heavy atom. The highest BCUT2D eigenvalue weighted by molar-refractivity contribution is 5.30. The Kier molecular flexibility index (Phi) is 4.22. The molecule has 2 rings (SSSR count). The molecule has 3 unspecified atom stereocenters. The number of aromatic amines is 1. The van der Waals surface area contributed by atoms with Crippen molar-refractivity contribution in [2.45, 2.75) is 52.0 Å². The summed E-state index contributed by atoms with van der Waals surface area (Å²) in [5, 5.41) is 7.41. The molecule has 102 valence electrons. The normalized spacial score (nSPS) is 26.3. The Balaban J connectivity index is 2.01. The lowest BCUT2D eigenvalue weighted by Gasteiger charge is -2.34. The SMILES string of the molecule is CCCC(C)c1nc(N2CCC(C)C(N)C2)n[nH]1. The van der Waals surface area contributed by atoms with Gasteiger partial charge in [-0.05, 0) is 18.8 Å². The predicted octanol–water partition coefficient (Wildman–Crippen LogP) is 1.88. The second-order valence-electron chi connectivity index (χ2n) is 5.59. The molecule has 2 heterocycles. The van der Waals surface area contributed by atoms with E-state index in [-0.39, 0.29) is 6.04 Å². The number of piperidine rings is 1. The summed E-state index contributed by atoms with van der Waals surface area (Å²) in [4.78, 5) is 6.81. The van der Waals surface area contributed by atoms with E-state index in [0.717, 1.165) is 37.7 Å². The lowest BCUT2D eigenvalue weighted by Crippen LogP contribution is -2.48. The lowest BCUT2D eigenvalue weighted by atomic mass is 9.95. The molecule has 1 aliphatic rings. The van der Waals surface area contributed by atoms with Crippen LogP contribution in [0.3, 0.4) is 0 Å². The molecule has 1 saturated heterocycles. The van der Waals surface area contributed by atoms with Crippen LogP contribution in [0.25, 0.3) is 0 Å². The topological polar surface area (TPSA) is 70.8 Å². The summed E-state index contributed by atoms with van der Waals surface area (Å²) in [7, 11) is 0. The molecule has 5 heteroatoms. The Labute approximate surface area is 109 Å². The Hall–Kier alpha value is -1.10. The van der Waals surface area contributed by atoms with Crippen molar-refractivity contribution in [2.75, 3.05) is 18.0 Å². The van der Waals surface area contributed by atoms with Gasteiger partial charge in [-0.3, -0.25) is 5.10 Å². The molecular formula is C13H25N5. The van der Waals surface area contributed by atoms with Gasteiger partial charge in [-0.25, -0.2) is 0 Å². The van der Waals surface area contributed by atoms with Crippen molar-refractivity contribution < 1.29 is 0 Å². The Bertz CT molecular complexity index is 375. The number of hydrogen-bond donors (Lipinski definition) is 2. The van der Waals surface area contributed by atoms with E-state index in [2.05, 4.69) is 40.9 Å². The fourth-order valence-electron chi connectivity index (χ4n) is 2.48. The van der Waals surface area contributed by atoms with Crippen LogP contribution in [0.5, 0.6) is 0 Å². The van der Waals surface area contributed by atoms with Gasteiger partial charge < -0.3 is 10.6 Å². The molecular weight excluding hydrogens is 226 g/mol. The monoisotopic (exact) mass is 251 g/mol. The smallest absolute Gasteiger partial charge is 0.244 e. The van der Waals surface area contributed by atoms with Crippen molar-refractivity contribution in [2.24, 2.45) is 11.7 Å². The molecule has 0 spiro atoms. The van der Waals surface area contributed by atoms with Crippen molar-refractivity contribution in [3.8, 4) is 0 Å². The van der Waals surface area contributed by atoms with E-state index in [1.165, 1.54) is 6.42 Å². The summed E-state index contributed by atoms with van der Waals surface area (Å²) >= 11 is 0. The molecule has 3 atom stereocenters. The van der Waals surface area contributed by atoms with Crippen LogP contribution in [0.1, 0.15) is 51.8 Å². The molecule has 0 radical (unpaired) electrons. The fraction of sp³-hybridized carbons (Fsp3) is 0.846. The molecule has 0 saturated carbocycles. The summed E-state index contributed by atoms with van der Waals surface area (Å²) in [6, 6.07) is 0.230. The van der Waals surface area contributed by atoms with Crippen LogP contribution < -0.4 is 10.6 Å². The largest absolute Gasteiger partial charge is 0.338 e. The van der Waals surface area contributed by atoms with Gasteiger partial charge in [-0.15, -0.1) is 5.10 Å². The summed E-state index contributed by atoms with van der Waals surface area (Å²) in [5.74, 6) is 2.86. The van der Waals surface area contributed by atoms with E-state index in [1.54, 1.807) is 0 Å². The van der Waals surface area contributed by atoms with Crippen molar-refractivity contribution in [3.05, 3.63) is 5.82 Å². The minimum absolute atomic E-state index is 0.230. The number of nitrogens with one attached hydrogen (secondary N) is 1. The first-order valence-corrected chi connectivity index (χ1v) is 7.04. The molecule has 0 bridgehead atoms. The predicted molar refractivity (Wildman–Crippen MR) is 73.7 cm³/mol. The third-order valence-corrected chi connectivity index (χ3v) is 3.98. The first-order valence-electron chi connectivity index (χ1n) is 7.04. The maximum Gasteiger partial charge on any atom is 0.244 e. The van der Waals surface area contributed by atoms with Crippen molar-refractivity contribution in [1.29, 1.82) is 0 Å². The van der Waals surface area contributed by atoms with Crippen LogP contribution >= 0.6 is 0 Å². The molecule has 18 heavy (non-hydrogen) atoms. The third-order valence-electron chi connectivity index (χ3n) is 3.98. The summed E-state index contributed by atoms with van der Waals surface area (Å²) in [5.41, 5.74) is 6.11. The number of hydrogen-bond acceptors (Lipinski definition) is 4. The average Bonchev–Trinajstić information content (AvgIpc) is 2.82. The van der Waals surface area contributed by atoms with Gasteiger partial charge in [0.15, 0.2) is 0 Å². The van der Waals surface area contributed by atoms with Crippen LogP contribution in [0, 0.1) is 5.92 Å². The van der Waals surface area contributed by atoms with E-state index in [4.69, 9.17) is 5.73 Å². The van der Waals surface area contributed by atoms with Crippen molar-refractivity contribution in [1.82, 2.24) is 15.2 Å². The zero-order chi connectivity index (χ0) is 13.1. The van der Waals surface area contributed by atoms with Gasteiger partial charge in [0.1, 0.15) is 5.82 Å². The van der Waals surface area contributed by atoms with Gasteiger partial charge in [0.2, 0.25) is 5.95 Å². The summed E-state index contributed by atoms with van der Waals surface area (Å²) in [6.45, 7) is 8.47. The molecule has 1 aromatic rings. The maximum absolute atomic E-state index is 6.11. The van der Waals surface area contributed by atoms with Crippen LogP contribution in [-0.2, 0) is 0 Å². The van der Waals surface area contributed by atoms with Gasteiger partial charge in [0, 0.05) is 25.0 Å². The quantitative estimate of drug-likeness (QED) is 0.857. The summed E-state index contributed by atoms with van der Waals surface area (Å²) in [6.07, 6.45) is 3.43. The number of H-pyrrole nitrogens is 1. The Morgan fingerprint density at radius 3 is 3.00 bits per heavy atom. The molecule has 0 aromatic carbocycles. The minimum atomic E-state index is 0.230. The van der Waals surface area contributed by atoms with E-state index < -0.39 is 0 Å². The Morgan fingerprint density at radius 2 is 2.33 bits per heavy atom. The van der Waals surface area contributed by atoms with E-state index in [1.807, 2.05) is 0 Å². The molecule has 1 aliphatic heterocycles. The maximum atomic E-state index is 6.11. The van der Waals surface area contributed by atoms with Crippen LogP contribution in [0.15, 0.2) is 0 Å². The molecule has 0 aliphatic carbocycles. The average molecular weight is 251 g/mol. The highest BCUT2D eigenvalue weighted by atomic mass is 15.4. The van der Waals surface area contributed by atoms with E-state index in [0.29, 0.717) is 11.8 Å². The third kappa shape index (κ3) is 2.83. The van der Waals surface area contributed by atoms with Gasteiger partial charge >= 0.3 is 0 Å². The number of nitrogens with zero attached hydrogens (tertiary/aromatic N) is 3. The molecule has 0 amide bonds. The van der Waals surface area contributed by atoms with Crippen molar-refractivity contribution in [3.63, 3.8) is 0 Å². The summed E-state index contributed by atoms with van der Waals surface area (Å²) < 4.78 is 0. The standard InChI is InChI=1S/C13H25N5/c1-4-5-10(3)12-15-13(17-16-12)18-7-6-9(2)11(14)8-18/h9-11H,4-8,14H2,1-3H3,(H,15,16,17). The highest BCUT2D eigenvalue weighted by Gasteiger charge is 2.25. The van der Waals surface area contributed by atoms with Gasteiger partial charge in [-0.1, -0.05) is 27.2 Å². The number of aromatic nitrogens is 3. The van der Waals surface area contributed by atoms with Crippen LogP contribution in [-0.4, -0.2) is 34.3 Å². The van der Waals surface area contributed by atoms with Gasteiger partial charge in [0.05, 0.1) is 0 Å². The molecule has 1 aromatic heterocycles. The minimum Gasteiger partial charge on any atom is -0.338 e. The fourth-order valence-corrected chi connectivity index (χ4v) is 2.48. The molecule has 1 fully saturated rings. The van der Waals surface area contributed by atoms with Crippen molar-refractivity contribution >= 4 is 5.95 Å². The van der Waals surface area contributed by atoms with Gasteiger partial charge in [0.25, 0.3) is 0 Å². The molecule has 3 N–H and O–H groups in total. The van der Waals surface area contributed by atoms with E-state index in [9.17, 15) is 0 Å². The van der Waals surface area contributed by atoms with Crippen LogP contribution in [0.4, 0.5) is 5.95 Å². The molecule has 5 nitrogen and oxygen atoms in total. The van der Waals surface area contributed by atoms with Crippen LogP contribution in [0.2, 0.25) is 0 Å². The second kappa shape index (κ2) is 5.69. The highest BCUT2D eigenvalue weighted by Crippen LogP contribution is 2.22.